The van der Waals surface area contributed by atoms with Crippen LogP contribution in [-0.2, 0) is 0 Å². The van der Waals surface area contributed by atoms with E-state index in [2.05, 4.69) is 34.0 Å². The number of nitrogens with zero attached hydrogens (tertiary/aromatic N) is 3. The lowest BCUT2D eigenvalue weighted by Crippen LogP contribution is -2.38. The molecule has 1 heterocycles. The number of carbonyl (C=O) groups is 1. The second kappa shape index (κ2) is 8.60. The van der Waals surface area contributed by atoms with Gasteiger partial charge in [-0.25, -0.2) is 4.98 Å². The van der Waals surface area contributed by atoms with E-state index < -0.39 is 0 Å². The predicted molar refractivity (Wildman–Crippen MR) is 91.5 cm³/mol. The van der Waals surface area contributed by atoms with E-state index in [4.69, 9.17) is 11.6 Å². The van der Waals surface area contributed by atoms with Crippen LogP contribution in [0.4, 0.5) is 0 Å². The summed E-state index contributed by atoms with van der Waals surface area (Å²) in [5.41, 5.74) is 1.32. The Bertz CT molecular complexity index is 632. The molecule has 0 bridgehead atoms. The number of carbonyl (C=O) groups excluding carboxylic acids is 1. The molecule has 2 aromatic rings. The van der Waals surface area contributed by atoms with Crippen molar-refractivity contribution in [1.82, 2.24) is 20.2 Å². The Kier molecular flexibility index (Phi) is 6.50. The summed E-state index contributed by atoms with van der Waals surface area (Å²) in [5.74, 6) is -0.234. The molecule has 122 valence electrons. The largest absolute Gasteiger partial charge is 0.349 e. The maximum atomic E-state index is 12.2. The molecular weight excluding hydrogens is 312 g/mol. The first-order chi connectivity index (χ1) is 11.2. The number of hydrogen-bond acceptors (Lipinski definition) is 4. The highest BCUT2D eigenvalue weighted by Gasteiger charge is 2.21. The third kappa shape index (κ3) is 4.50. The van der Waals surface area contributed by atoms with Crippen LogP contribution in [0, 0.1) is 0 Å². The zero-order valence-electron chi connectivity index (χ0n) is 13.4. The van der Waals surface area contributed by atoms with Gasteiger partial charge in [0.25, 0.3) is 5.91 Å². The van der Waals surface area contributed by atoms with Crippen LogP contribution in [-0.4, -0.2) is 40.4 Å². The van der Waals surface area contributed by atoms with Crippen molar-refractivity contribution >= 4 is 17.5 Å². The number of halogens is 1. The van der Waals surface area contributed by atoms with Crippen molar-refractivity contribution in [2.75, 3.05) is 19.6 Å². The molecule has 1 aromatic carbocycles. The topological polar surface area (TPSA) is 58.1 Å². The van der Waals surface area contributed by atoms with Gasteiger partial charge in [-0.15, -0.1) is 0 Å². The van der Waals surface area contributed by atoms with Gasteiger partial charge in [-0.05, 0) is 24.7 Å². The van der Waals surface area contributed by atoms with E-state index in [1.54, 1.807) is 6.20 Å². The standard InChI is InChI=1S/C17H21ClN4O/c1-3-22(4-2)16(13-7-5-6-8-14(13)18)12-21-17(23)15-11-19-9-10-20-15/h5-11,16H,3-4,12H2,1-2H3,(H,21,23). The first kappa shape index (κ1) is 17.4. The van der Waals surface area contributed by atoms with Crippen molar-refractivity contribution < 1.29 is 4.79 Å². The third-order valence-electron chi connectivity index (χ3n) is 3.77. The van der Waals surface area contributed by atoms with Crippen molar-refractivity contribution in [2.24, 2.45) is 0 Å². The summed E-state index contributed by atoms with van der Waals surface area (Å²) in [6.45, 7) is 6.39. The number of benzene rings is 1. The van der Waals surface area contributed by atoms with E-state index in [0.717, 1.165) is 18.7 Å². The van der Waals surface area contributed by atoms with Gasteiger partial charge in [0, 0.05) is 24.0 Å². The van der Waals surface area contributed by atoms with Gasteiger partial charge >= 0.3 is 0 Å². The Labute approximate surface area is 141 Å². The maximum absolute atomic E-state index is 12.2. The van der Waals surface area contributed by atoms with E-state index in [9.17, 15) is 4.79 Å². The summed E-state index contributed by atoms with van der Waals surface area (Å²) in [5, 5.41) is 3.64. The van der Waals surface area contributed by atoms with Gasteiger partial charge < -0.3 is 5.32 Å². The minimum atomic E-state index is -0.234. The van der Waals surface area contributed by atoms with Gasteiger partial charge in [0.05, 0.1) is 12.2 Å². The Morgan fingerprint density at radius 2 is 2.00 bits per heavy atom. The van der Waals surface area contributed by atoms with Gasteiger partial charge in [0.15, 0.2) is 0 Å². The van der Waals surface area contributed by atoms with Gasteiger partial charge in [-0.3, -0.25) is 14.7 Å². The van der Waals surface area contributed by atoms with Gasteiger partial charge in [0.2, 0.25) is 0 Å². The fraction of sp³-hybridized carbons (Fsp3) is 0.353. The van der Waals surface area contributed by atoms with Crippen molar-refractivity contribution in [2.45, 2.75) is 19.9 Å². The van der Waals surface area contributed by atoms with Crippen LogP contribution in [0.2, 0.25) is 5.02 Å². The minimum Gasteiger partial charge on any atom is -0.349 e. The van der Waals surface area contributed by atoms with Crippen molar-refractivity contribution in [1.29, 1.82) is 0 Å². The first-order valence-corrected chi connectivity index (χ1v) is 8.07. The number of amides is 1. The molecule has 5 nitrogen and oxygen atoms in total. The quantitative estimate of drug-likeness (QED) is 0.847. The molecule has 1 unspecified atom stereocenters. The molecule has 1 N–H and O–H groups in total. The highest BCUT2D eigenvalue weighted by atomic mass is 35.5. The summed E-state index contributed by atoms with van der Waals surface area (Å²) in [7, 11) is 0. The molecule has 0 fully saturated rings. The third-order valence-corrected chi connectivity index (χ3v) is 4.11. The Balaban J connectivity index is 2.15. The highest BCUT2D eigenvalue weighted by molar-refractivity contribution is 6.31. The summed E-state index contributed by atoms with van der Waals surface area (Å²) < 4.78 is 0. The van der Waals surface area contributed by atoms with Crippen LogP contribution >= 0.6 is 11.6 Å². The smallest absolute Gasteiger partial charge is 0.271 e. The molecule has 0 saturated carbocycles. The highest BCUT2D eigenvalue weighted by Crippen LogP contribution is 2.26. The molecule has 0 radical (unpaired) electrons. The zero-order chi connectivity index (χ0) is 16.7. The van der Waals surface area contributed by atoms with Crippen LogP contribution in [0.15, 0.2) is 42.9 Å². The fourth-order valence-electron chi connectivity index (χ4n) is 2.54. The van der Waals surface area contributed by atoms with Crippen LogP contribution in [0.25, 0.3) is 0 Å². The number of likely N-dealkylation sites (N-methyl/N-ethyl adjacent to an activating group) is 1. The second-order valence-corrected chi connectivity index (χ2v) is 5.47. The lowest BCUT2D eigenvalue weighted by atomic mass is 10.0. The number of hydrogen-bond donors (Lipinski definition) is 1. The van der Waals surface area contributed by atoms with E-state index in [1.807, 2.05) is 24.3 Å². The molecule has 1 aromatic heterocycles. The molecule has 0 aliphatic carbocycles. The molecule has 6 heteroatoms. The molecule has 1 atom stereocenters. The normalized spacial score (nSPS) is 12.2. The van der Waals surface area contributed by atoms with Crippen molar-refractivity contribution in [3.63, 3.8) is 0 Å². The maximum Gasteiger partial charge on any atom is 0.271 e. The van der Waals surface area contributed by atoms with E-state index >= 15 is 0 Å². The molecule has 23 heavy (non-hydrogen) atoms. The van der Waals surface area contributed by atoms with Crippen LogP contribution in [0.1, 0.15) is 35.9 Å². The lowest BCUT2D eigenvalue weighted by molar-refractivity contribution is 0.0929. The zero-order valence-corrected chi connectivity index (χ0v) is 14.1. The van der Waals surface area contributed by atoms with Gasteiger partial charge in [-0.2, -0.15) is 0 Å². The lowest BCUT2D eigenvalue weighted by Gasteiger charge is -2.30. The summed E-state index contributed by atoms with van der Waals surface area (Å²) >= 11 is 6.35. The molecule has 0 saturated heterocycles. The fourth-order valence-corrected chi connectivity index (χ4v) is 2.80. The number of nitrogens with one attached hydrogen (secondary N) is 1. The molecule has 0 spiro atoms. The average Bonchev–Trinajstić information content (AvgIpc) is 2.60. The Hall–Kier alpha value is -1.98. The predicted octanol–water partition coefficient (Wildman–Crippen LogP) is 2.94. The van der Waals surface area contributed by atoms with Crippen molar-refractivity contribution in [3.05, 3.63) is 59.1 Å². The molecule has 0 aliphatic heterocycles. The Morgan fingerprint density at radius 3 is 2.61 bits per heavy atom. The molecular formula is C17H21ClN4O. The van der Waals surface area contributed by atoms with E-state index in [1.165, 1.54) is 12.4 Å². The molecule has 0 aliphatic rings. The van der Waals surface area contributed by atoms with Crippen LogP contribution in [0.5, 0.6) is 0 Å². The first-order valence-electron chi connectivity index (χ1n) is 7.70. The minimum absolute atomic E-state index is 0.0133. The summed E-state index contributed by atoms with van der Waals surface area (Å²) in [4.78, 5) is 22.4. The monoisotopic (exact) mass is 332 g/mol. The van der Waals surface area contributed by atoms with Gasteiger partial charge in [-0.1, -0.05) is 43.6 Å². The SMILES string of the molecule is CCN(CC)C(CNC(=O)c1cnccn1)c1ccccc1Cl. The van der Waals surface area contributed by atoms with Gasteiger partial charge in [0.1, 0.15) is 5.69 Å². The van der Waals surface area contributed by atoms with E-state index in [-0.39, 0.29) is 11.9 Å². The molecule has 1 amide bonds. The summed E-state index contributed by atoms with van der Waals surface area (Å²) in [6.07, 6.45) is 4.50. The number of aromatic nitrogens is 2. The average molecular weight is 333 g/mol. The second-order valence-electron chi connectivity index (χ2n) is 5.06. The van der Waals surface area contributed by atoms with E-state index in [0.29, 0.717) is 17.3 Å². The van der Waals surface area contributed by atoms with Crippen LogP contribution in [0.3, 0.4) is 0 Å². The number of rotatable bonds is 7. The molecule has 2 rings (SSSR count). The van der Waals surface area contributed by atoms with Crippen LogP contribution < -0.4 is 5.32 Å². The summed E-state index contributed by atoms with van der Waals surface area (Å²) in [6, 6.07) is 7.75. The van der Waals surface area contributed by atoms with Crippen molar-refractivity contribution in [3.8, 4) is 0 Å². The Morgan fingerprint density at radius 1 is 1.26 bits per heavy atom.